The molecule has 92 valence electrons. The molecule has 1 aromatic heterocycles. The second kappa shape index (κ2) is 5.74. The molecule has 0 atom stereocenters. The van der Waals surface area contributed by atoms with Crippen molar-refractivity contribution in [2.45, 2.75) is 0 Å². The molecule has 0 saturated carbocycles. The Bertz CT molecular complexity index is 556. The van der Waals surface area contributed by atoms with Gasteiger partial charge in [-0.05, 0) is 12.1 Å². The lowest BCUT2D eigenvalue weighted by molar-refractivity contribution is -0.109. The van der Waals surface area contributed by atoms with Crippen LogP contribution in [-0.4, -0.2) is 25.1 Å². The summed E-state index contributed by atoms with van der Waals surface area (Å²) in [6.07, 6.45) is 0.625. The van der Waals surface area contributed by atoms with Crippen LogP contribution in [0.4, 0.5) is 0 Å². The maximum Gasteiger partial charge on any atom is 0.419 e. The maximum atomic E-state index is 11.1. The Morgan fingerprint density at radius 1 is 1.47 bits per heavy atom. The van der Waals surface area contributed by atoms with Crippen LogP contribution in [0.5, 0.6) is 5.75 Å². The Labute approximate surface area is 97.8 Å². The van der Waals surface area contributed by atoms with Gasteiger partial charge in [-0.25, -0.2) is 4.79 Å². The molecule has 0 unspecified atom stereocenters. The third-order valence-electron chi connectivity index (χ3n) is 2.12. The number of carbonyl (C=O) groups excluding carboxylic acids is 1. The third kappa shape index (κ3) is 2.87. The number of rotatable bonds is 2. The molecule has 0 saturated heterocycles. The predicted molar refractivity (Wildman–Crippen MR) is 63.1 cm³/mol. The van der Waals surface area contributed by atoms with Crippen LogP contribution in [0, 0.1) is 0 Å². The van der Waals surface area contributed by atoms with Crippen LogP contribution in [0.2, 0.25) is 0 Å². The summed E-state index contributed by atoms with van der Waals surface area (Å²) >= 11 is 0. The van der Waals surface area contributed by atoms with Gasteiger partial charge in [-0.2, -0.15) is 0 Å². The number of ether oxygens (including phenoxy) is 1. The zero-order chi connectivity index (χ0) is 12.8. The monoisotopic (exact) mass is 238 g/mol. The topological polar surface area (TPSA) is 73.5 Å². The highest BCUT2D eigenvalue weighted by atomic mass is 16.5. The fourth-order valence-corrected chi connectivity index (χ4v) is 1.24. The molecule has 1 N–H and O–H groups in total. The molecule has 2 rings (SSSR count). The molecule has 1 heterocycles. The van der Waals surface area contributed by atoms with Crippen LogP contribution < -0.4 is 15.8 Å². The highest BCUT2D eigenvalue weighted by molar-refractivity contribution is 5.74. The molecule has 0 aliphatic rings. The van der Waals surface area contributed by atoms with Gasteiger partial charge in [0.05, 0.1) is 12.6 Å². The van der Waals surface area contributed by atoms with E-state index in [1.807, 2.05) is 0 Å². The van der Waals surface area contributed by atoms with E-state index in [9.17, 15) is 4.79 Å². The Morgan fingerprint density at radius 3 is 2.65 bits per heavy atom. The van der Waals surface area contributed by atoms with Crippen LogP contribution in [0.15, 0.2) is 27.4 Å². The van der Waals surface area contributed by atoms with Crippen LogP contribution in [0.1, 0.15) is 0 Å². The van der Waals surface area contributed by atoms with Crippen molar-refractivity contribution in [3.63, 3.8) is 0 Å². The van der Waals surface area contributed by atoms with Gasteiger partial charge >= 0.3 is 5.76 Å². The molecular weight excluding hydrogens is 224 g/mol. The highest BCUT2D eigenvalue weighted by Crippen LogP contribution is 2.18. The quantitative estimate of drug-likeness (QED) is 0.773. The number of aryl methyl sites for hydroxylation is 1. The van der Waals surface area contributed by atoms with Gasteiger partial charge in [-0.1, -0.05) is 0 Å². The Kier molecular flexibility index (Phi) is 4.33. The molecule has 6 nitrogen and oxygen atoms in total. The Hall–Kier alpha value is -2.24. The minimum Gasteiger partial charge on any atom is -0.497 e. The number of hydrogen-bond acceptors (Lipinski definition) is 4. The molecule has 2 aromatic rings. The fourth-order valence-electron chi connectivity index (χ4n) is 1.24. The lowest BCUT2D eigenvalue weighted by atomic mass is 10.3. The molecule has 17 heavy (non-hydrogen) atoms. The summed E-state index contributed by atoms with van der Waals surface area (Å²) in [7, 11) is 4.80. The lowest BCUT2D eigenvalue weighted by Crippen LogP contribution is -2.08. The van der Waals surface area contributed by atoms with Gasteiger partial charge < -0.3 is 14.5 Å². The summed E-state index contributed by atoms with van der Waals surface area (Å²) in [5, 5.41) is 2.25. The van der Waals surface area contributed by atoms with E-state index in [1.165, 1.54) is 4.57 Å². The lowest BCUT2D eigenvalue weighted by Gasteiger charge is -1.97. The van der Waals surface area contributed by atoms with Gasteiger partial charge in [0.15, 0.2) is 5.58 Å². The molecule has 0 radical (unpaired) electrons. The molecule has 0 fully saturated rings. The first-order chi connectivity index (χ1) is 8.13. The minimum absolute atomic E-state index is 0.358. The van der Waals surface area contributed by atoms with Crippen LogP contribution in [-0.2, 0) is 11.8 Å². The Balaban J connectivity index is 0.000000317. The average Bonchev–Trinajstić information content (AvgIpc) is 2.65. The number of hydrogen-bond donors (Lipinski definition) is 1. The van der Waals surface area contributed by atoms with Crippen molar-refractivity contribution in [1.29, 1.82) is 0 Å². The van der Waals surface area contributed by atoms with Gasteiger partial charge in [0, 0.05) is 20.2 Å². The molecule has 1 amide bonds. The van der Waals surface area contributed by atoms with Crippen molar-refractivity contribution >= 4 is 17.5 Å². The van der Waals surface area contributed by atoms with Crippen molar-refractivity contribution in [2.75, 3.05) is 14.2 Å². The molecule has 0 aliphatic carbocycles. The first-order valence-corrected chi connectivity index (χ1v) is 4.88. The first kappa shape index (κ1) is 12.8. The summed E-state index contributed by atoms with van der Waals surface area (Å²) in [5.74, 6) is 0.324. The van der Waals surface area contributed by atoms with E-state index in [1.54, 1.807) is 39.4 Å². The van der Waals surface area contributed by atoms with Gasteiger partial charge in [0.25, 0.3) is 0 Å². The first-order valence-electron chi connectivity index (χ1n) is 4.88. The second-order valence-electron chi connectivity index (χ2n) is 3.17. The molecule has 0 bridgehead atoms. The second-order valence-corrected chi connectivity index (χ2v) is 3.17. The normalized spacial score (nSPS) is 9.35. The van der Waals surface area contributed by atoms with Crippen molar-refractivity contribution in [2.24, 2.45) is 7.05 Å². The average molecular weight is 238 g/mol. The van der Waals surface area contributed by atoms with Crippen molar-refractivity contribution in [1.82, 2.24) is 9.88 Å². The summed E-state index contributed by atoms with van der Waals surface area (Å²) in [5.41, 5.74) is 1.32. The van der Waals surface area contributed by atoms with Crippen molar-refractivity contribution in [3.05, 3.63) is 28.7 Å². The number of fused-ring (bicyclic) bond motifs is 1. The molecule has 0 aliphatic heterocycles. The number of carbonyl (C=O) groups is 1. The van der Waals surface area contributed by atoms with Crippen molar-refractivity contribution in [3.8, 4) is 5.75 Å². The summed E-state index contributed by atoms with van der Waals surface area (Å²) < 4.78 is 11.4. The number of oxazole rings is 1. The van der Waals surface area contributed by atoms with E-state index in [-0.39, 0.29) is 5.76 Å². The van der Waals surface area contributed by atoms with Gasteiger partial charge in [-0.3, -0.25) is 9.36 Å². The number of methoxy groups -OCH3 is 1. The SMILES string of the molecule is CNC=O.COc1ccc2c(c1)oc(=O)n2C. The van der Waals surface area contributed by atoms with Crippen LogP contribution >= 0.6 is 0 Å². The predicted octanol–water partition coefficient (Wildman–Crippen LogP) is 0.502. The zero-order valence-electron chi connectivity index (χ0n) is 9.89. The minimum atomic E-state index is -0.358. The zero-order valence-corrected chi connectivity index (χ0v) is 9.89. The number of nitrogens with one attached hydrogen (secondary N) is 1. The Morgan fingerprint density at radius 2 is 2.12 bits per heavy atom. The highest BCUT2D eigenvalue weighted by Gasteiger charge is 2.05. The molecule has 0 spiro atoms. The number of benzene rings is 1. The van der Waals surface area contributed by atoms with Gasteiger partial charge in [0.1, 0.15) is 5.75 Å². The van der Waals surface area contributed by atoms with E-state index in [4.69, 9.17) is 13.9 Å². The van der Waals surface area contributed by atoms with Crippen LogP contribution in [0.3, 0.4) is 0 Å². The standard InChI is InChI=1S/C9H9NO3.C2H5NO/c1-10-7-4-3-6(12-2)5-8(7)13-9(10)11;1-3-2-4/h3-5H,1-2H3;2H,1H3,(H,3,4). The van der Waals surface area contributed by atoms with Gasteiger partial charge in [-0.15, -0.1) is 0 Å². The summed E-state index contributed by atoms with van der Waals surface area (Å²) in [6, 6.07) is 5.27. The number of aromatic nitrogens is 1. The van der Waals surface area contributed by atoms with E-state index in [0.29, 0.717) is 17.7 Å². The molecular formula is C11H14N2O4. The number of amides is 1. The van der Waals surface area contributed by atoms with E-state index in [2.05, 4.69) is 5.32 Å². The van der Waals surface area contributed by atoms with E-state index >= 15 is 0 Å². The summed E-state index contributed by atoms with van der Waals surface area (Å²) in [6.45, 7) is 0. The summed E-state index contributed by atoms with van der Waals surface area (Å²) in [4.78, 5) is 20.2. The third-order valence-corrected chi connectivity index (χ3v) is 2.12. The molecule has 1 aromatic carbocycles. The van der Waals surface area contributed by atoms with E-state index in [0.717, 1.165) is 5.52 Å². The van der Waals surface area contributed by atoms with Crippen molar-refractivity contribution < 1.29 is 13.9 Å². The molecule has 6 heteroatoms. The van der Waals surface area contributed by atoms with Crippen LogP contribution in [0.25, 0.3) is 11.1 Å². The smallest absolute Gasteiger partial charge is 0.419 e. The largest absolute Gasteiger partial charge is 0.497 e. The van der Waals surface area contributed by atoms with Gasteiger partial charge in [0.2, 0.25) is 6.41 Å². The van der Waals surface area contributed by atoms with E-state index < -0.39 is 0 Å². The number of nitrogens with zero attached hydrogens (tertiary/aromatic N) is 1. The maximum absolute atomic E-state index is 11.1. The fraction of sp³-hybridized carbons (Fsp3) is 0.273.